The van der Waals surface area contributed by atoms with Crippen molar-refractivity contribution in [2.75, 3.05) is 27.4 Å². The fourth-order valence-electron chi connectivity index (χ4n) is 4.29. The fourth-order valence-corrected chi connectivity index (χ4v) is 4.29. The second-order valence-corrected chi connectivity index (χ2v) is 9.50. The quantitative estimate of drug-likeness (QED) is 0.312. The summed E-state index contributed by atoms with van der Waals surface area (Å²) in [6.45, 7) is 6.43. The molecule has 0 aliphatic carbocycles. The van der Waals surface area contributed by atoms with Crippen molar-refractivity contribution in [2.45, 2.75) is 27.2 Å². The Labute approximate surface area is 221 Å². The molecule has 192 valence electrons. The predicted octanol–water partition coefficient (Wildman–Crippen LogP) is 5.28. The molecule has 1 aliphatic rings. The molecule has 0 saturated carbocycles. The van der Waals surface area contributed by atoms with E-state index in [1.807, 2.05) is 75.4 Å². The largest absolute Gasteiger partial charge is 0.340 e. The molecule has 9 nitrogen and oxygen atoms in total. The summed E-state index contributed by atoms with van der Waals surface area (Å²) in [5.41, 5.74) is 5.69. The maximum Gasteiger partial charge on any atom is 0.229 e. The first-order valence-corrected chi connectivity index (χ1v) is 12.4. The maximum absolute atomic E-state index is 12.9. The van der Waals surface area contributed by atoms with Gasteiger partial charge in [-0.2, -0.15) is 0 Å². The number of nitrogens with zero attached hydrogens (tertiary/aromatic N) is 4. The molecule has 3 N–H and O–H groups in total. The standard InChI is InChI=1S/C29H29N7O2/c1-18-10-11-30-25(12-18)35-27-15-26(31-17-32-27)33-22-5-7-23(8-6-22)34-29(38)21-14-28(37)36(16-21)24-9-4-19(2)20(3)13-24/h4-13,15,17,21H,14,16H2,1-3H3,(H,34,38)(H2,30,31,32,33,35). The summed E-state index contributed by atoms with van der Waals surface area (Å²) < 4.78 is 0. The minimum Gasteiger partial charge on any atom is -0.340 e. The van der Waals surface area contributed by atoms with Crippen LogP contribution in [0.25, 0.3) is 0 Å². The number of anilines is 6. The van der Waals surface area contributed by atoms with Crippen molar-refractivity contribution in [2.24, 2.45) is 5.92 Å². The van der Waals surface area contributed by atoms with Gasteiger partial charge in [0.15, 0.2) is 0 Å². The topological polar surface area (TPSA) is 112 Å². The molecule has 2 aromatic heterocycles. The molecule has 2 aromatic carbocycles. The van der Waals surface area contributed by atoms with Gasteiger partial charge in [-0.1, -0.05) is 6.07 Å². The van der Waals surface area contributed by atoms with Crippen molar-refractivity contribution < 1.29 is 9.59 Å². The van der Waals surface area contributed by atoms with Crippen LogP contribution < -0.4 is 20.9 Å². The second kappa shape index (κ2) is 10.7. The minimum absolute atomic E-state index is 0.0372. The smallest absolute Gasteiger partial charge is 0.229 e. The number of amides is 2. The molecule has 1 saturated heterocycles. The molecule has 1 atom stereocenters. The van der Waals surface area contributed by atoms with E-state index in [1.165, 1.54) is 11.9 Å². The molecule has 4 aromatic rings. The minimum atomic E-state index is -0.406. The van der Waals surface area contributed by atoms with Crippen molar-refractivity contribution in [1.29, 1.82) is 0 Å². The van der Waals surface area contributed by atoms with Gasteiger partial charge in [-0.25, -0.2) is 15.0 Å². The van der Waals surface area contributed by atoms with Gasteiger partial charge in [0.05, 0.1) is 5.92 Å². The number of rotatable bonds is 7. The molecule has 1 aliphatic heterocycles. The maximum atomic E-state index is 12.9. The van der Waals surface area contributed by atoms with Crippen LogP contribution in [0.4, 0.5) is 34.5 Å². The van der Waals surface area contributed by atoms with Gasteiger partial charge in [0, 0.05) is 42.3 Å². The number of benzene rings is 2. The molecular weight excluding hydrogens is 478 g/mol. The van der Waals surface area contributed by atoms with E-state index in [0.717, 1.165) is 22.5 Å². The van der Waals surface area contributed by atoms with Gasteiger partial charge in [0.25, 0.3) is 0 Å². The highest BCUT2D eigenvalue weighted by Gasteiger charge is 2.35. The number of carbonyl (C=O) groups excluding carboxylic acids is 2. The first kappa shape index (κ1) is 24.9. The lowest BCUT2D eigenvalue weighted by Crippen LogP contribution is -2.28. The third kappa shape index (κ3) is 5.78. The van der Waals surface area contributed by atoms with Crippen molar-refractivity contribution in [1.82, 2.24) is 15.0 Å². The van der Waals surface area contributed by atoms with Gasteiger partial charge in [0.1, 0.15) is 23.8 Å². The number of nitrogens with one attached hydrogen (secondary N) is 3. The van der Waals surface area contributed by atoms with E-state index < -0.39 is 5.92 Å². The van der Waals surface area contributed by atoms with E-state index >= 15 is 0 Å². The molecule has 0 bridgehead atoms. The molecule has 1 unspecified atom stereocenters. The average Bonchev–Trinajstić information content (AvgIpc) is 3.29. The van der Waals surface area contributed by atoms with Crippen molar-refractivity contribution in [3.63, 3.8) is 0 Å². The highest BCUT2D eigenvalue weighted by Crippen LogP contribution is 2.28. The Bertz CT molecular complexity index is 1490. The number of hydrogen-bond donors (Lipinski definition) is 3. The molecular formula is C29H29N7O2. The first-order valence-electron chi connectivity index (χ1n) is 12.4. The van der Waals surface area contributed by atoms with E-state index in [-0.39, 0.29) is 18.2 Å². The summed E-state index contributed by atoms with van der Waals surface area (Å²) in [4.78, 5) is 40.0. The van der Waals surface area contributed by atoms with Gasteiger partial charge < -0.3 is 20.9 Å². The molecule has 3 heterocycles. The summed E-state index contributed by atoms with van der Waals surface area (Å²) in [5.74, 6) is 1.33. The zero-order valence-corrected chi connectivity index (χ0v) is 21.5. The molecule has 1 fully saturated rings. The number of aryl methyl sites for hydroxylation is 3. The van der Waals surface area contributed by atoms with E-state index in [0.29, 0.717) is 29.7 Å². The average molecular weight is 508 g/mol. The number of carbonyl (C=O) groups is 2. The molecule has 0 radical (unpaired) electrons. The second-order valence-electron chi connectivity index (χ2n) is 9.50. The Hall–Kier alpha value is -4.79. The zero-order valence-electron chi connectivity index (χ0n) is 21.5. The molecule has 5 rings (SSSR count). The van der Waals surface area contributed by atoms with Gasteiger partial charge in [0.2, 0.25) is 11.8 Å². The first-order chi connectivity index (χ1) is 18.3. The summed E-state index contributed by atoms with van der Waals surface area (Å²) in [5, 5.41) is 9.35. The normalized spacial score (nSPS) is 14.9. The van der Waals surface area contributed by atoms with Crippen molar-refractivity contribution >= 4 is 46.3 Å². The van der Waals surface area contributed by atoms with Crippen molar-refractivity contribution in [3.05, 3.63) is 89.9 Å². The van der Waals surface area contributed by atoms with E-state index in [2.05, 4.69) is 30.9 Å². The zero-order chi connectivity index (χ0) is 26.6. The monoisotopic (exact) mass is 507 g/mol. The summed E-state index contributed by atoms with van der Waals surface area (Å²) >= 11 is 0. The Balaban J connectivity index is 1.18. The highest BCUT2D eigenvalue weighted by molar-refractivity contribution is 6.03. The number of pyridine rings is 1. The van der Waals surface area contributed by atoms with Crippen LogP contribution in [-0.4, -0.2) is 33.3 Å². The Morgan fingerprint density at radius 3 is 2.26 bits per heavy atom. The Kier molecular flexibility index (Phi) is 6.99. The molecule has 38 heavy (non-hydrogen) atoms. The van der Waals surface area contributed by atoms with E-state index in [4.69, 9.17) is 0 Å². The van der Waals surface area contributed by atoms with Crippen molar-refractivity contribution in [3.8, 4) is 0 Å². The predicted molar refractivity (Wildman–Crippen MR) is 149 cm³/mol. The third-order valence-electron chi connectivity index (χ3n) is 6.56. The van der Waals surface area contributed by atoms with Gasteiger partial charge in [-0.3, -0.25) is 9.59 Å². The molecule has 2 amide bonds. The summed E-state index contributed by atoms with van der Waals surface area (Å²) in [6.07, 6.45) is 3.41. The van der Waals surface area contributed by atoms with E-state index in [1.54, 1.807) is 17.2 Å². The number of aromatic nitrogens is 3. The Morgan fingerprint density at radius 2 is 1.53 bits per heavy atom. The third-order valence-corrected chi connectivity index (χ3v) is 6.56. The molecule has 9 heteroatoms. The van der Waals surface area contributed by atoms with Gasteiger partial charge in [-0.05, 0) is 86.0 Å². The van der Waals surface area contributed by atoms with Crippen LogP contribution in [-0.2, 0) is 9.59 Å². The lowest BCUT2D eigenvalue weighted by atomic mass is 10.1. The molecule has 0 spiro atoms. The lowest BCUT2D eigenvalue weighted by Gasteiger charge is -2.18. The van der Waals surface area contributed by atoms with Crippen LogP contribution in [0.15, 0.2) is 73.2 Å². The van der Waals surface area contributed by atoms with Gasteiger partial charge >= 0.3 is 0 Å². The number of hydrogen-bond acceptors (Lipinski definition) is 7. The highest BCUT2D eigenvalue weighted by atomic mass is 16.2. The Morgan fingerprint density at radius 1 is 0.816 bits per heavy atom. The fraction of sp³-hybridized carbons (Fsp3) is 0.207. The van der Waals surface area contributed by atoms with Crippen LogP contribution in [0.3, 0.4) is 0 Å². The van der Waals surface area contributed by atoms with Crippen LogP contribution in [0.5, 0.6) is 0 Å². The van der Waals surface area contributed by atoms with Crippen LogP contribution >= 0.6 is 0 Å². The van der Waals surface area contributed by atoms with Crippen LogP contribution in [0, 0.1) is 26.7 Å². The summed E-state index contributed by atoms with van der Waals surface area (Å²) in [6, 6.07) is 18.9. The SMILES string of the molecule is Cc1ccnc(Nc2cc(Nc3ccc(NC(=O)C4CC(=O)N(c5ccc(C)c(C)c5)C4)cc3)ncn2)c1. The van der Waals surface area contributed by atoms with E-state index in [9.17, 15) is 9.59 Å². The van der Waals surface area contributed by atoms with Gasteiger partial charge in [-0.15, -0.1) is 0 Å². The van der Waals surface area contributed by atoms with Crippen LogP contribution in [0.1, 0.15) is 23.1 Å². The summed E-state index contributed by atoms with van der Waals surface area (Å²) in [7, 11) is 0. The van der Waals surface area contributed by atoms with Crippen LogP contribution in [0.2, 0.25) is 0 Å². The lowest BCUT2D eigenvalue weighted by molar-refractivity contribution is -0.122.